The fourth-order valence-electron chi connectivity index (χ4n) is 4.52. The number of hydrogen-bond donors (Lipinski definition) is 0. The minimum atomic E-state index is 0.133. The highest BCUT2D eigenvalue weighted by atomic mass is 32.2. The molecule has 2 saturated heterocycles. The number of hydrogen-bond acceptors (Lipinski definition) is 6. The molecule has 1 aromatic carbocycles. The molecule has 7 heteroatoms. The van der Waals surface area contributed by atoms with Crippen molar-refractivity contribution in [1.82, 2.24) is 9.88 Å². The number of carbonyl (C=O) groups is 1. The molecule has 0 atom stereocenters. The lowest BCUT2D eigenvalue weighted by molar-refractivity contribution is 0.0988. The SMILES string of the molecule is CCC(=O)c1ccc(CN(SC2CCN(C3CB(C#N)C3)CC2)c2cccc(C)c2)nc1. The molecule has 5 nitrogen and oxygen atoms in total. The molecule has 0 radical (unpaired) electrons. The van der Waals surface area contributed by atoms with Crippen LogP contribution in [0.25, 0.3) is 0 Å². The van der Waals surface area contributed by atoms with Gasteiger partial charge >= 0.3 is 0 Å². The fraction of sp³-hybridized carbons (Fsp3) is 0.480. The topological polar surface area (TPSA) is 60.2 Å². The maximum Gasteiger partial charge on any atom is 0.270 e. The molecule has 2 aliphatic rings. The Bertz CT molecular complexity index is 963. The van der Waals surface area contributed by atoms with E-state index < -0.39 is 0 Å². The third-order valence-electron chi connectivity index (χ3n) is 6.63. The second-order valence-corrected chi connectivity index (χ2v) is 10.3. The van der Waals surface area contributed by atoms with Gasteiger partial charge in [0.05, 0.1) is 12.2 Å². The van der Waals surface area contributed by atoms with Crippen molar-refractivity contribution in [2.24, 2.45) is 0 Å². The van der Waals surface area contributed by atoms with Crippen LogP contribution in [-0.2, 0) is 6.54 Å². The minimum absolute atomic E-state index is 0.133. The van der Waals surface area contributed by atoms with Crippen molar-refractivity contribution < 1.29 is 4.79 Å². The van der Waals surface area contributed by atoms with Crippen molar-refractivity contribution in [3.05, 3.63) is 59.4 Å². The van der Waals surface area contributed by atoms with Gasteiger partial charge in [-0.15, -0.1) is 0 Å². The van der Waals surface area contributed by atoms with Crippen LogP contribution in [0.3, 0.4) is 0 Å². The second kappa shape index (κ2) is 10.5. The predicted octanol–water partition coefficient (Wildman–Crippen LogP) is 5.04. The van der Waals surface area contributed by atoms with Gasteiger partial charge in [0, 0.05) is 35.1 Å². The predicted molar refractivity (Wildman–Crippen MR) is 133 cm³/mol. The van der Waals surface area contributed by atoms with Gasteiger partial charge in [0.1, 0.15) is 0 Å². The molecule has 0 aliphatic carbocycles. The van der Waals surface area contributed by atoms with Crippen LogP contribution in [0.2, 0.25) is 12.6 Å². The standard InChI is InChI=1S/C25H31BN4OS/c1-3-25(31)20-7-8-21(28-16-20)17-30(22-6-4-5-19(2)13-22)32-24-9-11-29(12-10-24)23-14-26(15-23)18-27/h4-8,13,16,23-24H,3,9-12,14-15,17H2,1-2H3. The van der Waals surface area contributed by atoms with Gasteiger partial charge < -0.3 is 9.21 Å². The van der Waals surface area contributed by atoms with E-state index in [4.69, 9.17) is 5.26 Å². The van der Waals surface area contributed by atoms with Crippen molar-refractivity contribution in [2.75, 3.05) is 17.4 Å². The lowest BCUT2D eigenvalue weighted by atomic mass is 9.34. The Hall–Kier alpha value is -2.30. The Morgan fingerprint density at radius 3 is 2.69 bits per heavy atom. The Balaban J connectivity index is 1.40. The normalized spacial score (nSPS) is 17.6. The summed E-state index contributed by atoms with van der Waals surface area (Å²) in [4.78, 5) is 19.1. The summed E-state index contributed by atoms with van der Waals surface area (Å²) in [5.74, 6) is 2.53. The number of anilines is 1. The number of benzene rings is 1. The lowest BCUT2D eigenvalue weighted by Gasteiger charge is -2.43. The molecule has 0 amide bonds. The summed E-state index contributed by atoms with van der Waals surface area (Å²) >= 11 is 1.93. The van der Waals surface area contributed by atoms with Gasteiger partial charge in [-0.1, -0.05) is 19.1 Å². The molecule has 3 heterocycles. The number of pyridine rings is 1. The molecule has 0 unspecified atom stereocenters. The minimum Gasteiger partial charge on any atom is -0.310 e. The third-order valence-corrected chi connectivity index (χ3v) is 7.99. The molecular formula is C25H31BN4OS. The van der Waals surface area contributed by atoms with Gasteiger partial charge in [-0.3, -0.25) is 9.78 Å². The Kier molecular flexibility index (Phi) is 7.54. The van der Waals surface area contributed by atoms with E-state index in [2.05, 4.69) is 51.3 Å². The smallest absolute Gasteiger partial charge is 0.270 e. The van der Waals surface area contributed by atoms with Gasteiger partial charge in [-0.2, -0.15) is 0 Å². The van der Waals surface area contributed by atoms with Crippen molar-refractivity contribution in [3.8, 4) is 5.97 Å². The van der Waals surface area contributed by atoms with Crippen molar-refractivity contribution in [2.45, 2.75) is 63.6 Å². The summed E-state index contributed by atoms with van der Waals surface area (Å²) < 4.78 is 2.37. The number of likely N-dealkylation sites (tertiary alicyclic amines) is 1. The van der Waals surface area contributed by atoms with Crippen LogP contribution in [-0.4, -0.2) is 46.8 Å². The van der Waals surface area contributed by atoms with E-state index in [1.165, 1.54) is 11.3 Å². The highest BCUT2D eigenvalue weighted by Crippen LogP contribution is 2.35. The monoisotopic (exact) mass is 446 g/mol. The average Bonchev–Trinajstić information content (AvgIpc) is 2.79. The number of ketones is 1. The molecule has 0 spiro atoms. The zero-order chi connectivity index (χ0) is 22.5. The Morgan fingerprint density at radius 1 is 1.28 bits per heavy atom. The number of Topliss-reactive ketones (excluding diaryl/α,β-unsaturated/α-hetero) is 1. The fourth-order valence-corrected chi connectivity index (χ4v) is 5.75. The van der Waals surface area contributed by atoms with E-state index in [1.54, 1.807) is 6.20 Å². The van der Waals surface area contributed by atoms with Gasteiger partial charge in [-0.25, -0.2) is 5.26 Å². The van der Waals surface area contributed by atoms with Crippen molar-refractivity contribution >= 4 is 30.1 Å². The van der Waals surface area contributed by atoms with Gasteiger partial charge in [0.2, 0.25) is 0 Å². The molecule has 2 aromatic rings. The molecule has 2 fully saturated rings. The van der Waals surface area contributed by atoms with E-state index in [9.17, 15) is 4.79 Å². The number of rotatable bonds is 8. The van der Waals surface area contributed by atoms with Gasteiger partial charge in [-0.05, 0) is 93.3 Å². The highest BCUT2D eigenvalue weighted by molar-refractivity contribution is 8.01. The summed E-state index contributed by atoms with van der Waals surface area (Å²) in [6, 6.07) is 13.1. The highest BCUT2D eigenvalue weighted by Gasteiger charge is 2.38. The quantitative estimate of drug-likeness (QED) is 0.322. The number of nitrogens with zero attached hydrogens (tertiary/aromatic N) is 4. The summed E-state index contributed by atoms with van der Waals surface area (Å²) in [5, 5.41) is 9.62. The Labute approximate surface area is 196 Å². The molecule has 0 N–H and O–H groups in total. The van der Waals surface area contributed by atoms with E-state index in [0.29, 0.717) is 29.8 Å². The summed E-state index contributed by atoms with van der Waals surface area (Å²) in [6.07, 6.45) is 6.64. The first-order valence-electron chi connectivity index (χ1n) is 11.7. The molecule has 4 rings (SSSR count). The zero-order valence-electron chi connectivity index (χ0n) is 19.0. The van der Waals surface area contributed by atoms with Crippen LogP contribution >= 0.6 is 11.9 Å². The number of aryl methyl sites for hydroxylation is 1. The maximum absolute atomic E-state index is 11.9. The molecule has 0 saturated carbocycles. The average molecular weight is 446 g/mol. The number of piperidine rings is 1. The van der Waals surface area contributed by atoms with Crippen LogP contribution in [0.15, 0.2) is 42.6 Å². The van der Waals surface area contributed by atoms with Crippen LogP contribution in [0.4, 0.5) is 5.69 Å². The second-order valence-electron chi connectivity index (χ2n) is 8.98. The van der Waals surface area contributed by atoms with E-state index >= 15 is 0 Å². The molecule has 1 aromatic heterocycles. The van der Waals surface area contributed by atoms with Crippen molar-refractivity contribution in [1.29, 1.82) is 5.26 Å². The molecule has 32 heavy (non-hydrogen) atoms. The van der Waals surface area contributed by atoms with Gasteiger partial charge in [0.25, 0.3) is 6.71 Å². The summed E-state index contributed by atoms with van der Waals surface area (Å²) in [7, 11) is 0. The van der Waals surface area contributed by atoms with Crippen LogP contribution < -0.4 is 4.31 Å². The first-order valence-corrected chi connectivity index (χ1v) is 12.5. The molecule has 0 bridgehead atoms. The number of carbonyl (C=O) groups excluding carboxylic acids is 1. The summed E-state index contributed by atoms with van der Waals surface area (Å²) in [5.41, 5.74) is 4.11. The number of aromatic nitrogens is 1. The lowest BCUT2D eigenvalue weighted by Crippen LogP contribution is -2.51. The van der Waals surface area contributed by atoms with Gasteiger partial charge in [0.15, 0.2) is 5.78 Å². The first-order chi connectivity index (χ1) is 15.6. The first kappa shape index (κ1) is 22.9. The Morgan fingerprint density at radius 2 is 2.06 bits per heavy atom. The van der Waals surface area contributed by atoms with E-state index in [0.717, 1.165) is 44.3 Å². The van der Waals surface area contributed by atoms with E-state index in [-0.39, 0.29) is 12.5 Å². The van der Waals surface area contributed by atoms with E-state index in [1.807, 2.05) is 31.0 Å². The van der Waals surface area contributed by atoms with Crippen LogP contribution in [0.5, 0.6) is 0 Å². The van der Waals surface area contributed by atoms with Crippen LogP contribution in [0, 0.1) is 18.2 Å². The largest absolute Gasteiger partial charge is 0.310 e. The third kappa shape index (κ3) is 5.54. The van der Waals surface area contributed by atoms with Crippen LogP contribution in [0.1, 0.15) is 47.8 Å². The van der Waals surface area contributed by atoms with Crippen molar-refractivity contribution in [3.63, 3.8) is 0 Å². The zero-order valence-corrected chi connectivity index (χ0v) is 19.9. The number of nitriles is 1. The molecular weight excluding hydrogens is 415 g/mol. The maximum atomic E-state index is 11.9. The summed E-state index contributed by atoms with van der Waals surface area (Å²) in [6.45, 7) is 7.23. The molecule has 166 valence electrons. The molecule has 2 aliphatic heterocycles.